The molecule has 0 unspecified atom stereocenters. The Labute approximate surface area is 97.3 Å². The van der Waals surface area contributed by atoms with Crippen LogP contribution in [-0.2, 0) is 6.54 Å². The number of aromatic nitrogens is 4. The van der Waals surface area contributed by atoms with Crippen LogP contribution in [0.2, 0.25) is 0 Å². The van der Waals surface area contributed by atoms with Gasteiger partial charge in [-0.1, -0.05) is 0 Å². The van der Waals surface area contributed by atoms with Crippen molar-refractivity contribution in [3.05, 3.63) is 22.5 Å². The highest BCUT2D eigenvalue weighted by Gasteiger charge is 2.13. The fourth-order valence-electron chi connectivity index (χ4n) is 2.12. The second-order valence-corrected chi connectivity index (χ2v) is 4.15. The van der Waals surface area contributed by atoms with E-state index in [1.807, 2.05) is 0 Å². The Balaban J connectivity index is 1.93. The highest BCUT2D eigenvalue weighted by atomic mass is 16.1. The minimum atomic E-state index is -0.338. The molecule has 7 heteroatoms. The summed E-state index contributed by atoms with van der Waals surface area (Å²) in [4.78, 5) is 27.3. The number of fused-ring (bicyclic) bond motifs is 1. The predicted octanol–water partition coefficient (Wildman–Crippen LogP) is -0.949. The summed E-state index contributed by atoms with van der Waals surface area (Å²) in [7, 11) is 0. The van der Waals surface area contributed by atoms with Gasteiger partial charge in [0.2, 0.25) is 0 Å². The second-order valence-electron chi connectivity index (χ2n) is 4.15. The maximum Gasteiger partial charge on any atom is 0.347 e. The van der Waals surface area contributed by atoms with Crippen molar-refractivity contribution >= 4 is 11.2 Å². The molecule has 0 atom stereocenters. The predicted molar refractivity (Wildman–Crippen MR) is 62.7 cm³/mol. The van der Waals surface area contributed by atoms with Gasteiger partial charge in [0.1, 0.15) is 5.52 Å². The van der Waals surface area contributed by atoms with Gasteiger partial charge in [0, 0.05) is 32.7 Å². The molecule has 3 heterocycles. The summed E-state index contributed by atoms with van der Waals surface area (Å²) in [6.07, 6.45) is 1.56. The van der Waals surface area contributed by atoms with Crippen LogP contribution in [0, 0.1) is 0 Å². The largest absolute Gasteiger partial charge is 0.347 e. The summed E-state index contributed by atoms with van der Waals surface area (Å²) in [6, 6.07) is 0. The van der Waals surface area contributed by atoms with E-state index in [0.717, 1.165) is 43.9 Å². The highest BCUT2D eigenvalue weighted by molar-refractivity contribution is 5.71. The van der Waals surface area contributed by atoms with Crippen molar-refractivity contribution in [2.24, 2.45) is 0 Å². The van der Waals surface area contributed by atoms with E-state index in [4.69, 9.17) is 0 Å². The van der Waals surface area contributed by atoms with Crippen LogP contribution < -0.4 is 11.0 Å². The number of imidazole rings is 1. The number of H-pyrrole nitrogens is 2. The third-order valence-electron chi connectivity index (χ3n) is 2.98. The van der Waals surface area contributed by atoms with Crippen molar-refractivity contribution in [3.8, 4) is 0 Å². The summed E-state index contributed by atoms with van der Waals surface area (Å²) in [5.74, 6) is 0. The number of rotatable bonds is 2. The van der Waals surface area contributed by atoms with Crippen LogP contribution in [0.1, 0.15) is 5.69 Å². The lowest BCUT2D eigenvalue weighted by molar-refractivity contribution is 0.231. The molecule has 1 saturated heterocycles. The van der Waals surface area contributed by atoms with E-state index < -0.39 is 0 Å². The molecule has 90 valence electrons. The van der Waals surface area contributed by atoms with Gasteiger partial charge in [0.15, 0.2) is 5.65 Å². The monoisotopic (exact) mass is 234 g/mol. The van der Waals surface area contributed by atoms with Crippen LogP contribution in [0.3, 0.4) is 0 Å². The van der Waals surface area contributed by atoms with Gasteiger partial charge in [0.25, 0.3) is 0 Å². The van der Waals surface area contributed by atoms with Crippen LogP contribution >= 0.6 is 0 Å². The van der Waals surface area contributed by atoms with Gasteiger partial charge in [-0.2, -0.15) is 4.98 Å². The lowest BCUT2D eigenvalue weighted by Gasteiger charge is -2.26. The molecular formula is C10H14N6O. The zero-order valence-electron chi connectivity index (χ0n) is 9.36. The zero-order chi connectivity index (χ0) is 11.7. The van der Waals surface area contributed by atoms with Gasteiger partial charge >= 0.3 is 5.69 Å². The van der Waals surface area contributed by atoms with E-state index in [-0.39, 0.29) is 5.69 Å². The molecule has 0 aromatic carbocycles. The fraction of sp³-hybridized carbons (Fsp3) is 0.500. The molecule has 0 aliphatic carbocycles. The summed E-state index contributed by atoms with van der Waals surface area (Å²) in [6.45, 7) is 4.67. The van der Waals surface area contributed by atoms with Crippen molar-refractivity contribution in [2.45, 2.75) is 6.54 Å². The molecule has 7 nitrogen and oxygen atoms in total. The molecule has 3 rings (SSSR count). The van der Waals surface area contributed by atoms with Crippen LogP contribution in [-0.4, -0.2) is 51.0 Å². The molecule has 1 aliphatic heterocycles. The molecule has 17 heavy (non-hydrogen) atoms. The Bertz CT molecular complexity index is 567. The molecule has 0 amide bonds. The first kappa shape index (κ1) is 10.4. The van der Waals surface area contributed by atoms with Crippen LogP contribution in [0.15, 0.2) is 11.1 Å². The van der Waals surface area contributed by atoms with E-state index in [9.17, 15) is 4.79 Å². The van der Waals surface area contributed by atoms with Crippen molar-refractivity contribution < 1.29 is 0 Å². The third kappa shape index (κ3) is 2.06. The van der Waals surface area contributed by atoms with Gasteiger partial charge in [0.05, 0.1) is 12.0 Å². The zero-order valence-corrected chi connectivity index (χ0v) is 9.36. The Hall–Kier alpha value is -1.73. The Kier molecular flexibility index (Phi) is 2.62. The Morgan fingerprint density at radius 1 is 1.35 bits per heavy atom. The molecule has 2 aromatic rings. The average Bonchev–Trinajstić information content (AvgIpc) is 2.78. The van der Waals surface area contributed by atoms with E-state index in [1.54, 1.807) is 6.33 Å². The van der Waals surface area contributed by atoms with Crippen LogP contribution in [0.4, 0.5) is 0 Å². The fourth-order valence-corrected chi connectivity index (χ4v) is 2.12. The van der Waals surface area contributed by atoms with E-state index in [2.05, 4.69) is 30.2 Å². The smallest absolute Gasteiger partial charge is 0.342 e. The number of nitrogens with one attached hydrogen (secondary N) is 3. The normalized spacial score (nSPS) is 17.6. The Morgan fingerprint density at radius 2 is 2.18 bits per heavy atom. The van der Waals surface area contributed by atoms with Crippen molar-refractivity contribution in [3.63, 3.8) is 0 Å². The van der Waals surface area contributed by atoms with E-state index >= 15 is 0 Å². The van der Waals surface area contributed by atoms with Gasteiger partial charge < -0.3 is 15.3 Å². The molecule has 1 aliphatic rings. The number of hydrogen-bond acceptors (Lipinski definition) is 5. The van der Waals surface area contributed by atoms with Gasteiger partial charge in [-0.05, 0) is 0 Å². The minimum Gasteiger partial charge on any atom is -0.342 e. The lowest BCUT2D eigenvalue weighted by Crippen LogP contribution is -2.43. The number of hydrogen-bond donors (Lipinski definition) is 3. The first-order valence-corrected chi connectivity index (χ1v) is 5.68. The second kappa shape index (κ2) is 4.27. The Morgan fingerprint density at radius 3 is 3.00 bits per heavy atom. The number of aromatic amines is 2. The topological polar surface area (TPSA) is 89.7 Å². The van der Waals surface area contributed by atoms with Gasteiger partial charge in [-0.25, -0.2) is 9.78 Å². The summed E-state index contributed by atoms with van der Waals surface area (Å²) in [5.41, 5.74) is 1.83. The molecule has 2 aromatic heterocycles. The molecule has 0 bridgehead atoms. The molecule has 0 radical (unpaired) electrons. The van der Waals surface area contributed by atoms with Crippen molar-refractivity contribution in [1.29, 1.82) is 0 Å². The summed E-state index contributed by atoms with van der Waals surface area (Å²) >= 11 is 0. The first-order valence-electron chi connectivity index (χ1n) is 5.68. The van der Waals surface area contributed by atoms with E-state index in [1.165, 1.54) is 0 Å². The third-order valence-corrected chi connectivity index (χ3v) is 2.98. The lowest BCUT2D eigenvalue weighted by atomic mass is 10.3. The number of piperazine rings is 1. The van der Waals surface area contributed by atoms with Crippen LogP contribution in [0.5, 0.6) is 0 Å². The molecular weight excluding hydrogens is 220 g/mol. The van der Waals surface area contributed by atoms with Crippen LogP contribution in [0.25, 0.3) is 11.2 Å². The van der Waals surface area contributed by atoms with E-state index in [0.29, 0.717) is 5.65 Å². The first-order chi connectivity index (χ1) is 8.33. The van der Waals surface area contributed by atoms with Crippen molar-refractivity contribution in [1.82, 2.24) is 30.2 Å². The number of nitrogens with zero attached hydrogens (tertiary/aromatic N) is 3. The average molecular weight is 234 g/mol. The summed E-state index contributed by atoms with van der Waals surface area (Å²) < 4.78 is 0. The van der Waals surface area contributed by atoms with Gasteiger partial charge in [-0.3, -0.25) is 4.90 Å². The quantitative estimate of drug-likeness (QED) is 0.623. The summed E-state index contributed by atoms with van der Waals surface area (Å²) in [5, 5.41) is 3.30. The van der Waals surface area contributed by atoms with Crippen molar-refractivity contribution in [2.75, 3.05) is 26.2 Å². The van der Waals surface area contributed by atoms with Gasteiger partial charge in [-0.15, -0.1) is 0 Å². The maximum absolute atomic E-state index is 11.4. The standard InChI is InChI=1S/C10H14N6O/c17-10-14-7(5-16-3-1-11-2-4-16)8-9(15-10)13-6-12-8/h6,11H,1-5H2,(H2,12,13,14,15,17). The molecule has 3 N–H and O–H groups in total. The maximum atomic E-state index is 11.4. The molecule has 0 spiro atoms. The minimum absolute atomic E-state index is 0.338. The molecule has 0 saturated carbocycles. The molecule has 1 fully saturated rings. The highest BCUT2D eigenvalue weighted by Crippen LogP contribution is 2.10. The SMILES string of the molecule is O=c1nc2nc[nH]c2c(CN2CCNCC2)[nH]1.